The normalized spacial score (nSPS) is 23.9. The molecule has 8 heteroatoms. The Morgan fingerprint density at radius 1 is 1.22 bits per heavy atom. The number of hydrogen-bond donors (Lipinski definition) is 2. The van der Waals surface area contributed by atoms with E-state index in [0.717, 1.165) is 25.2 Å². The number of nitrogens with zero attached hydrogens (tertiary/aromatic N) is 2. The fourth-order valence-corrected chi connectivity index (χ4v) is 5.13. The molecule has 2 aliphatic heterocycles. The summed E-state index contributed by atoms with van der Waals surface area (Å²) in [6.45, 7) is 7.94. The Hall–Kier alpha value is -2.22. The van der Waals surface area contributed by atoms with Gasteiger partial charge in [0.05, 0.1) is 4.87 Å². The minimum atomic E-state index is -0.541. The topological polar surface area (TPSA) is 81.8 Å². The van der Waals surface area contributed by atoms with Gasteiger partial charge in [0.15, 0.2) is 0 Å². The van der Waals surface area contributed by atoms with E-state index in [9.17, 15) is 14.4 Å². The van der Waals surface area contributed by atoms with Crippen LogP contribution < -0.4 is 15.8 Å². The molecule has 2 N–H and O–H groups in total. The van der Waals surface area contributed by atoms with Crippen molar-refractivity contribution in [3.05, 3.63) is 29.8 Å². The molecule has 2 aliphatic rings. The van der Waals surface area contributed by atoms with Gasteiger partial charge in [0.1, 0.15) is 6.04 Å². The van der Waals surface area contributed by atoms with Gasteiger partial charge in [-0.05, 0) is 51.5 Å². The quantitative estimate of drug-likeness (QED) is 0.749. The zero-order valence-corrected chi connectivity index (χ0v) is 16.8. The molecule has 0 saturated carbocycles. The molecule has 7 nitrogen and oxygen atoms in total. The summed E-state index contributed by atoms with van der Waals surface area (Å²) in [7, 11) is 0. The van der Waals surface area contributed by atoms with Crippen LogP contribution in [0.5, 0.6) is 0 Å². The van der Waals surface area contributed by atoms with Crippen molar-refractivity contribution < 1.29 is 14.4 Å². The number of fused-ring (bicyclic) bond motifs is 1. The van der Waals surface area contributed by atoms with Crippen LogP contribution in [0.15, 0.2) is 24.3 Å². The van der Waals surface area contributed by atoms with Gasteiger partial charge in [-0.2, -0.15) is 0 Å². The van der Waals surface area contributed by atoms with E-state index in [1.54, 1.807) is 28.8 Å². The highest BCUT2D eigenvalue weighted by atomic mass is 32.2. The fraction of sp³-hybridized carbons (Fsp3) is 0.526. The predicted molar refractivity (Wildman–Crippen MR) is 106 cm³/mol. The van der Waals surface area contributed by atoms with Crippen LogP contribution in [-0.2, 0) is 9.59 Å². The highest BCUT2D eigenvalue weighted by Crippen LogP contribution is 2.47. The first-order valence-electron chi connectivity index (χ1n) is 9.31. The number of amides is 3. The lowest BCUT2D eigenvalue weighted by Crippen LogP contribution is -2.54. The van der Waals surface area contributed by atoms with Crippen LogP contribution in [0.4, 0.5) is 5.69 Å². The van der Waals surface area contributed by atoms with Crippen molar-refractivity contribution in [1.82, 2.24) is 15.8 Å². The van der Waals surface area contributed by atoms with Gasteiger partial charge in [-0.1, -0.05) is 0 Å². The Morgan fingerprint density at radius 3 is 2.52 bits per heavy atom. The number of thioether (sulfide) groups is 1. The summed E-state index contributed by atoms with van der Waals surface area (Å²) in [5.74, 6) is -0.186. The van der Waals surface area contributed by atoms with E-state index >= 15 is 0 Å². The predicted octanol–water partition coefficient (Wildman–Crippen LogP) is 1.75. The third-order valence-electron chi connectivity index (χ3n) is 5.30. The number of benzene rings is 1. The van der Waals surface area contributed by atoms with Crippen LogP contribution in [0.1, 0.15) is 44.0 Å². The number of anilines is 1. The minimum Gasteiger partial charge on any atom is -0.372 e. The van der Waals surface area contributed by atoms with Gasteiger partial charge in [-0.15, -0.1) is 11.8 Å². The Morgan fingerprint density at radius 2 is 1.89 bits per heavy atom. The van der Waals surface area contributed by atoms with E-state index in [0.29, 0.717) is 17.7 Å². The van der Waals surface area contributed by atoms with E-state index in [1.807, 2.05) is 19.1 Å². The van der Waals surface area contributed by atoms with Crippen molar-refractivity contribution in [1.29, 1.82) is 0 Å². The Kier molecular flexibility index (Phi) is 5.64. The molecule has 1 aromatic rings. The summed E-state index contributed by atoms with van der Waals surface area (Å²) in [6, 6.07) is 6.72. The van der Waals surface area contributed by atoms with E-state index in [4.69, 9.17) is 0 Å². The standard InChI is InChI=1S/C19H26N4O3S/c1-4-22(5-2)14-8-6-13(7-9-14)17(25)20-21-18(26)15-12-27-19(3)11-10-16(24)23(15)19/h6-9,15H,4-5,10-12H2,1-3H3,(H,20,25)(H,21,26)/t15-,19-/m1/s1. The summed E-state index contributed by atoms with van der Waals surface area (Å²) < 4.78 is 0. The van der Waals surface area contributed by atoms with Gasteiger partial charge >= 0.3 is 0 Å². The number of carbonyl (C=O) groups is 3. The molecular formula is C19H26N4O3S. The zero-order valence-electron chi connectivity index (χ0n) is 15.9. The van der Waals surface area contributed by atoms with E-state index < -0.39 is 6.04 Å². The molecule has 0 radical (unpaired) electrons. The van der Waals surface area contributed by atoms with Crippen LogP contribution in [0.2, 0.25) is 0 Å². The van der Waals surface area contributed by atoms with Crippen molar-refractivity contribution in [2.45, 2.75) is 44.5 Å². The Bertz CT molecular complexity index is 735. The van der Waals surface area contributed by atoms with Crippen LogP contribution in [0, 0.1) is 0 Å². The van der Waals surface area contributed by atoms with Crippen molar-refractivity contribution in [3.63, 3.8) is 0 Å². The molecule has 3 amide bonds. The highest BCUT2D eigenvalue weighted by molar-refractivity contribution is 8.01. The lowest BCUT2D eigenvalue weighted by Gasteiger charge is -2.29. The monoisotopic (exact) mass is 390 g/mol. The van der Waals surface area contributed by atoms with Crippen molar-refractivity contribution >= 4 is 35.2 Å². The molecule has 146 valence electrons. The first kappa shape index (κ1) is 19.5. The lowest BCUT2D eigenvalue weighted by atomic mass is 10.2. The Balaban J connectivity index is 1.58. The van der Waals surface area contributed by atoms with E-state index in [-0.39, 0.29) is 22.6 Å². The summed E-state index contributed by atoms with van der Waals surface area (Å²) in [6.07, 6.45) is 1.23. The number of hydrogen-bond acceptors (Lipinski definition) is 5. The molecule has 0 bridgehead atoms. The maximum absolute atomic E-state index is 12.5. The number of rotatable bonds is 5. The smallest absolute Gasteiger partial charge is 0.269 e. The second kappa shape index (κ2) is 7.80. The van der Waals surface area contributed by atoms with Crippen LogP contribution >= 0.6 is 11.8 Å². The van der Waals surface area contributed by atoms with Crippen molar-refractivity contribution in [3.8, 4) is 0 Å². The fourth-order valence-electron chi connectivity index (χ4n) is 3.70. The van der Waals surface area contributed by atoms with Crippen molar-refractivity contribution in [2.24, 2.45) is 0 Å². The lowest BCUT2D eigenvalue weighted by molar-refractivity contribution is -0.138. The summed E-state index contributed by atoms with van der Waals surface area (Å²) in [5, 5.41) is 0. The second-order valence-corrected chi connectivity index (χ2v) is 8.43. The second-order valence-electron chi connectivity index (χ2n) is 6.93. The average molecular weight is 391 g/mol. The third-order valence-corrected chi connectivity index (χ3v) is 6.81. The van der Waals surface area contributed by atoms with Crippen molar-refractivity contribution in [2.75, 3.05) is 23.7 Å². The zero-order chi connectivity index (χ0) is 19.6. The SMILES string of the molecule is CCN(CC)c1ccc(C(=O)NNC(=O)[C@H]2CS[C@]3(C)CCC(=O)N23)cc1. The minimum absolute atomic E-state index is 0.000896. The summed E-state index contributed by atoms with van der Waals surface area (Å²) in [5.41, 5.74) is 6.46. The van der Waals surface area contributed by atoms with Gasteiger partial charge in [0.2, 0.25) is 5.91 Å². The molecule has 0 aromatic heterocycles. The number of carbonyl (C=O) groups excluding carboxylic acids is 3. The highest BCUT2D eigenvalue weighted by Gasteiger charge is 2.52. The van der Waals surface area contributed by atoms with Crippen LogP contribution in [0.25, 0.3) is 0 Å². The molecule has 0 aliphatic carbocycles. The van der Waals surface area contributed by atoms with Crippen LogP contribution in [0.3, 0.4) is 0 Å². The van der Waals surface area contributed by atoms with Gasteiger partial charge in [-0.3, -0.25) is 25.2 Å². The molecule has 0 unspecified atom stereocenters. The van der Waals surface area contributed by atoms with Gasteiger partial charge < -0.3 is 9.80 Å². The largest absolute Gasteiger partial charge is 0.372 e. The first-order chi connectivity index (χ1) is 12.9. The number of hydrazine groups is 1. The Labute approximate surface area is 163 Å². The molecule has 3 rings (SSSR count). The maximum atomic E-state index is 12.5. The van der Waals surface area contributed by atoms with Gasteiger partial charge in [0.25, 0.3) is 11.8 Å². The first-order valence-corrected chi connectivity index (χ1v) is 10.3. The summed E-state index contributed by atoms with van der Waals surface area (Å²) >= 11 is 1.62. The molecule has 2 atom stereocenters. The van der Waals surface area contributed by atoms with E-state index in [2.05, 4.69) is 29.6 Å². The molecular weight excluding hydrogens is 364 g/mol. The molecule has 27 heavy (non-hydrogen) atoms. The third kappa shape index (κ3) is 3.76. The molecule has 2 heterocycles. The molecule has 2 saturated heterocycles. The van der Waals surface area contributed by atoms with E-state index in [1.165, 1.54) is 0 Å². The molecule has 2 fully saturated rings. The molecule has 1 aromatic carbocycles. The van der Waals surface area contributed by atoms with Gasteiger partial charge in [-0.25, -0.2) is 0 Å². The number of nitrogens with one attached hydrogen (secondary N) is 2. The average Bonchev–Trinajstić information content (AvgIpc) is 3.17. The molecule has 0 spiro atoms. The van der Waals surface area contributed by atoms with Gasteiger partial charge in [0, 0.05) is 36.5 Å². The maximum Gasteiger partial charge on any atom is 0.269 e. The van der Waals surface area contributed by atoms with Crippen LogP contribution in [-0.4, -0.2) is 52.4 Å². The summed E-state index contributed by atoms with van der Waals surface area (Å²) in [4.78, 5) is 40.5.